The second-order valence-corrected chi connectivity index (χ2v) is 8.04. The van der Waals surface area contributed by atoms with Crippen LogP contribution in [0.2, 0.25) is 0 Å². The van der Waals surface area contributed by atoms with Crippen molar-refractivity contribution in [2.45, 2.75) is 58.8 Å². The first-order valence-corrected chi connectivity index (χ1v) is 9.60. The summed E-state index contributed by atoms with van der Waals surface area (Å²) in [7, 11) is 1.63. The number of carbonyl (C=O) groups excluding carboxylic acids is 1. The molecule has 1 aliphatic rings. The molecule has 1 N–H and O–H groups in total. The first kappa shape index (κ1) is 20.1. The minimum atomic E-state index is -0.609. The van der Waals surface area contributed by atoms with Crippen molar-refractivity contribution in [2.75, 3.05) is 7.11 Å². The summed E-state index contributed by atoms with van der Waals surface area (Å²) in [4.78, 5) is 12.8. The Labute approximate surface area is 167 Å². The summed E-state index contributed by atoms with van der Waals surface area (Å²) in [5.74, 6) is 2.04. The molecule has 5 heteroatoms. The van der Waals surface area contributed by atoms with Gasteiger partial charge in [-0.1, -0.05) is 6.07 Å². The van der Waals surface area contributed by atoms with Gasteiger partial charge in [0.15, 0.2) is 6.10 Å². The van der Waals surface area contributed by atoms with Crippen LogP contribution in [-0.4, -0.2) is 24.7 Å². The number of hydrogen-bond donors (Lipinski definition) is 1. The molecule has 0 saturated heterocycles. The average Bonchev–Trinajstić information content (AvgIpc) is 2.63. The highest BCUT2D eigenvalue weighted by molar-refractivity contribution is 5.81. The molecule has 1 heterocycles. The molecular formula is C23H29NO4. The van der Waals surface area contributed by atoms with Crippen LogP contribution in [-0.2, 0) is 4.79 Å². The summed E-state index contributed by atoms with van der Waals surface area (Å²) >= 11 is 0. The van der Waals surface area contributed by atoms with E-state index in [0.717, 1.165) is 22.6 Å². The first-order valence-electron chi connectivity index (χ1n) is 9.60. The number of rotatable bonds is 5. The summed E-state index contributed by atoms with van der Waals surface area (Å²) in [6.07, 6.45) is 0.0528. The van der Waals surface area contributed by atoms with E-state index in [1.165, 1.54) is 5.56 Å². The molecule has 2 aromatic rings. The maximum atomic E-state index is 12.8. The van der Waals surface area contributed by atoms with Crippen LogP contribution >= 0.6 is 0 Å². The first-order chi connectivity index (χ1) is 13.2. The maximum Gasteiger partial charge on any atom is 0.261 e. The van der Waals surface area contributed by atoms with Gasteiger partial charge in [-0.15, -0.1) is 0 Å². The molecule has 150 valence electrons. The number of methoxy groups -OCH3 is 1. The molecule has 0 aromatic heterocycles. The molecule has 0 spiro atoms. The van der Waals surface area contributed by atoms with E-state index in [9.17, 15) is 4.79 Å². The Morgan fingerprint density at radius 3 is 2.54 bits per heavy atom. The molecular weight excluding hydrogens is 354 g/mol. The predicted molar refractivity (Wildman–Crippen MR) is 109 cm³/mol. The molecule has 5 nitrogen and oxygen atoms in total. The van der Waals surface area contributed by atoms with Gasteiger partial charge in [-0.05, 0) is 76.1 Å². The lowest BCUT2D eigenvalue weighted by molar-refractivity contribution is -0.128. The third kappa shape index (κ3) is 4.41. The van der Waals surface area contributed by atoms with E-state index < -0.39 is 6.10 Å². The highest BCUT2D eigenvalue weighted by atomic mass is 16.5. The monoisotopic (exact) mass is 383 g/mol. The van der Waals surface area contributed by atoms with Gasteiger partial charge in [0.05, 0.1) is 13.2 Å². The van der Waals surface area contributed by atoms with Gasteiger partial charge in [0, 0.05) is 12.0 Å². The predicted octanol–water partition coefficient (Wildman–Crippen LogP) is 4.50. The third-order valence-electron chi connectivity index (χ3n) is 5.15. The number of fused-ring (bicyclic) bond motifs is 1. The summed E-state index contributed by atoms with van der Waals surface area (Å²) in [6.45, 7) is 9.89. The second-order valence-electron chi connectivity index (χ2n) is 8.04. The number of nitrogens with one attached hydrogen (secondary N) is 1. The van der Waals surface area contributed by atoms with Gasteiger partial charge in [0.25, 0.3) is 5.91 Å². The maximum absolute atomic E-state index is 12.8. The number of aryl methyl sites for hydroxylation is 2. The lowest BCUT2D eigenvalue weighted by Crippen LogP contribution is -2.44. The van der Waals surface area contributed by atoms with Crippen molar-refractivity contribution in [3.05, 3.63) is 53.1 Å². The van der Waals surface area contributed by atoms with E-state index in [1.54, 1.807) is 14.0 Å². The van der Waals surface area contributed by atoms with Crippen LogP contribution in [0.15, 0.2) is 36.4 Å². The van der Waals surface area contributed by atoms with Crippen molar-refractivity contribution in [3.63, 3.8) is 0 Å². The van der Waals surface area contributed by atoms with Gasteiger partial charge >= 0.3 is 0 Å². The number of benzene rings is 2. The molecule has 0 aliphatic carbocycles. The molecule has 0 bridgehead atoms. The van der Waals surface area contributed by atoms with Crippen molar-refractivity contribution in [1.29, 1.82) is 0 Å². The smallest absolute Gasteiger partial charge is 0.261 e. The van der Waals surface area contributed by atoms with Crippen LogP contribution in [0.4, 0.5) is 0 Å². The lowest BCUT2D eigenvalue weighted by atomic mass is 9.89. The zero-order chi connectivity index (χ0) is 20.5. The Kier molecular flexibility index (Phi) is 5.54. The Bertz CT molecular complexity index is 875. The molecule has 0 radical (unpaired) electrons. The Morgan fingerprint density at radius 2 is 1.86 bits per heavy atom. The van der Waals surface area contributed by atoms with Gasteiger partial charge in [-0.3, -0.25) is 4.79 Å². The van der Waals surface area contributed by atoms with E-state index in [4.69, 9.17) is 14.2 Å². The van der Waals surface area contributed by atoms with Crippen molar-refractivity contribution in [2.24, 2.45) is 0 Å². The van der Waals surface area contributed by atoms with Crippen LogP contribution in [0.1, 0.15) is 49.9 Å². The van der Waals surface area contributed by atoms with E-state index in [1.807, 2.05) is 64.1 Å². The number of hydrogen-bond acceptors (Lipinski definition) is 4. The minimum Gasteiger partial charge on any atom is -0.497 e. The molecule has 1 amide bonds. The highest BCUT2D eigenvalue weighted by Gasteiger charge is 2.35. The lowest BCUT2D eigenvalue weighted by Gasteiger charge is -2.38. The quantitative estimate of drug-likeness (QED) is 0.826. The zero-order valence-corrected chi connectivity index (χ0v) is 17.5. The van der Waals surface area contributed by atoms with Crippen molar-refractivity contribution < 1.29 is 19.0 Å². The highest BCUT2D eigenvalue weighted by Crippen LogP contribution is 2.41. The molecule has 28 heavy (non-hydrogen) atoms. The largest absolute Gasteiger partial charge is 0.497 e. The molecule has 2 atom stereocenters. The second kappa shape index (κ2) is 7.74. The summed E-state index contributed by atoms with van der Waals surface area (Å²) in [5.41, 5.74) is 2.87. The van der Waals surface area contributed by atoms with Crippen molar-refractivity contribution >= 4 is 5.91 Å². The molecule has 2 aromatic carbocycles. The van der Waals surface area contributed by atoms with Gasteiger partial charge in [0.1, 0.15) is 22.8 Å². The van der Waals surface area contributed by atoms with Crippen LogP contribution in [0.5, 0.6) is 17.2 Å². The fourth-order valence-corrected chi connectivity index (χ4v) is 3.42. The van der Waals surface area contributed by atoms with E-state index in [-0.39, 0.29) is 17.6 Å². The van der Waals surface area contributed by atoms with Gasteiger partial charge in [0.2, 0.25) is 0 Å². The Hall–Kier alpha value is -2.69. The molecule has 0 unspecified atom stereocenters. The molecule has 0 fully saturated rings. The minimum absolute atomic E-state index is 0.158. The van der Waals surface area contributed by atoms with Gasteiger partial charge < -0.3 is 19.5 Å². The van der Waals surface area contributed by atoms with Crippen molar-refractivity contribution in [3.8, 4) is 17.2 Å². The topological polar surface area (TPSA) is 56.8 Å². The van der Waals surface area contributed by atoms with Crippen LogP contribution in [0.3, 0.4) is 0 Å². The SMILES string of the molecule is COc1ccc2c(c1)[C@@H](NC(=O)[C@H](C)Oc1ccc(C)c(C)c1)CC(C)(C)O2. The van der Waals surface area contributed by atoms with E-state index in [0.29, 0.717) is 12.2 Å². The van der Waals surface area contributed by atoms with Crippen LogP contribution in [0, 0.1) is 13.8 Å². The van der Waals surface area contributed by atoms with Crippen molar-refractivity contribution in [1.82, 2.24) is 5.32 Å². The Morgan fingerprint density at radius 1 is 1.14 bits per heavy atom. The summed E-state index contributed by atoms with van der Waals surface area (Å²) < 4.78 is 17.3. The third-order valence-corrected chi connectivity index (χ3v) is 5.15. The number of amides is 1. The van der Waals surface area contributed by atoms with E-state index >= 15 is 0 Å². The van der Waals surface area contributed by atoms with Gasteiger partial charge in [-0.2, -0.15) is 0 Å². The average molecular weight is 383 g/mol. The summed E-state index contributed by atoms with van der Waals surface area (Å²) in [5, 5.41) is 3.13. The molecule has 1 aliphatic heterocycles. The fourth-order valence-electron chi connectivity index (χ4n) is 3.42. The summed E-state index contributed by atoms with van der Waals surface area (Å²) in [6, 6.07) is 11.4. The van der Waals surface area contributed by atoms with Crippen LogP contribution < -0.4 is 19.5 Å². The van der Waals surface area contributed by atoms with Crippen LogP contribution in [0.25, 0.3) is 0 Å². The Balaban J connectivity index is 1.76. The molecule has 3 rings (SSSR count). The zero-order valence-electron chi connectivity index (χ0n) is 17.5. The molecule has 0 saturated carbocycles. The number of ether oxygens (including phenoxy) is 3. The number of carbonyl (C=O) groups is 1. The van der Waals surface area contributed by atoms with E-state index in [2.05, 4.69) is 5.32 Å². The fraction of sp³-hybridized carbons (Fsp3) is 0.435. The van der Waals surface area contributed by atoms with Gasteiger partial charge in [-0.25, -0.2) is 0 Å². The standard InChI is InChI=1S/C23H29NO4/c1-14-7-8-18(11-15(14)2)27-16(3)22(25)24-20-13-23(4,5)28-21-10-9-17(26-6)12-19(20)21/h7-12,16,20H,13H2,1-6H3,(H,24,25)/t16-,20-/m0/s1. The normalized spacial score (nSPS) is 18.4.